The first-order chi connectivity index (χ1) is 3.84. The van der Waals surface area contributed by atoms with Crippen LogP contribution < -0.4 is 0 Å². The quantitative estimate of drug-likeness (QED) is 0.589. The summed E-state index contributed by atoms with van der Waals surface area (Å²) in [4.78, 5) is 0. The van der Waals surface area contributed by atoms with Crippen LogP contribution >= 0.6 is 23.3 Å². The van der Waals surface area contributed by atoms with Gasteiger partial charge in [0.2, 0.25) is 0 Å². The maximum absolute atomic E-state index is 2.26. The number of hydrogen-bond acceptors (Lipinski definition) is 0. The Balaban J connectivity index is 2.92. The molecule has 0 aliphatic heterocycles. The van der Waals surface area contributed by atoms with Crippen molar-refractivity contribution in [2.75, 3.05) is 0 Å². The highest BCUT2D eigenvalue weighted by Gasteiger charge is 1.93. The van der Waals surface area contributed by atoms with Crippen molar-refractivity contribution >= 4 is 23.3 Å². The van der Waals surface area contributed by atoms with Gasteiger partial charge in [0.05, 0.1) is 0 Å². The summed E-state index contributed by atoms with van der Waals surface area (Å²) < 4.78 is 0. The molecule has 8 heavy (non-hydrogen) atoms. The van der Waals surface area contributed by atoms with E-state index in [0.717, 1.165) is 7.55 Å². The zero-order valence-corrected chi connectivity index (χ0v) is 7.89. The van der Waals surface area contributed by atoms with Crippen molar-refractivity contribution in [3.05, 3.63) is 10.6 Å². The van der Waals surface area contributed by atoms with E-state index in [2.05, 4.69) is 13.8 Å². The Morgan fingerprint density at radius 3 is 2.50 bits per heavy atom. The summed E-state index contributed by atoms with van der Waals surface area (Å²) in [5.74, 6) is 0. The first-order valence-corrected chi connectivity index (χ1v) is 7.18. The van der Waals surface area contributed by atoms with Crippen LogP contribution in [-0.4, -0.2) is 0 Å². The van der Waals surface area contributed by atoms with Gasteiger partial charge >= 0.3 is 0 Å². The number of aryl methyl sites for hydroxylation is 2. The van der Waals surface area contributed by atoms with Gasteiger partial charge in [0.25, 0.3) is 0 Å². The molecule has 0 radical (unpaired) electrons. The van der Waals surface area contributed by atoms with Crippen LogP contribution in [0.3, 0.4) is 0 Å². The Hall–Kier alpha value is 0.640. The average Bonchev–Trinajstić information content (AvgIpc) is 2.14. The third kappa shape index (κ3) is 1.32. The Bertz CT molecular complexity index is 168. The van der Waals surface area contributed by atoms with Crippen molar-refractivity contribution in [2.45, 2.75) is 20.3 Å². The van der Waals surface area contributed by atoms with E-state index in [1.165, 1.54) is 6.42 Å². The molecule has 0 spiro atoms. The summed E-state index contributed by atoms with van der Waals surface area (Å²) in [6.45, 7) is 4.50. The summed E-state index contributed by atoms with van der Waals surface area (Å²) in [5.41, 5.74) is 0. The minimum atomic E-state index is 1.15. The lowest BCUT2D eigenvalue weighted by Gasteiger charge is -1.86. The van der Waals surface area contributed by atoms with E-state index in [1.54, 1.807) is 26.3 Å². The predicted molar refractivity (Wildman–Crippen MR) is 45.1 cm³/mol. The maximum atomic E-state index is 2.26. The van der Waals surface area contributed by atoms with E-state index in [0.29, 0.717) is 0 Å². The predicted octanol–water partition coefficient (Wildman–Crippen LogP) is 3.75. The number of rotatable bonds is 1. The molecule has 0 saturated carbocycles. The van der Waals surface area contributed by atoms with Gasteiger partial charge in [-0.25, -0.2) is 0 Å². The second-order valence-corrected chi connectivity index (χ2v) is 7.31. The summed E-state index contributed by atoms with van der Waals surface area (Å²) >= 11 is 0. The average molecular weight is 162 g/mol. The molecular formula is C5H9P3. The highest BCUT2D eigenvalue weighted by molar-refractivity contribution is 8.17. The van der Waals surface area contributed by atoms with Crippen molar-refractivity contribution in [3.8, 4) is 0 Å². The van der Waals surface area contributed by atoms with E-state index < -0.39 is 0 Å². The standard InChI is InChI=1S/C5H9P3/c1-3-5-4(2)6-8-7-5/h8H,3H2,1-2H3. The Labute approximate surface area is 54.8 Å². The van der Waals surface area contributed by atoms with Crippen molar-refractivity contribution in [1.29, 1.82) is 0 Å². The molecule has 0 aliphatic carbocycles. The van der Waals surface area contributed by atoms with Gasteiger partial charge in [-0.3, -0.25) is 0 Å². The van der Waals surface area contributed by atoms with Gasteiger partial charge in [-0.1, -0.05) is 14.5 Å². The van der Waals surface area contributed by atoms with Gasteiger partial charge in [0, 0.05) is 0 Å². The second-order valence-electron chi connectivity index (χ2n) is 1.71. The summed E-state index contributed by atoms with van der Waals surface area (Å²) in [7, 11) is 4.35. The molecule has 1 aromatic heterocycles. The van der Waals surface area contributed by atoms with Gasteiger partial charge in [0.15, 0.2) is 0 Å². The van der Waals surface area contributed by atoms with E-state index >= 15 is 0 Å². The fourth-order valence-electron chi connectivity index (χ4n) is 0.641. The van der Waals surface area contributed by atoms with Crippen LogP contribution in [0.15, 0.2) is 0 Å². The fourth-order valence-corrected chi connectivity index (χ4v) is 7.66. The van der Waals surface area contributed by atoms with Crippen LogP contribution in [0.25, 0.3) is 0 Å². The van der Waals surface area contributed by atoms with Crippen LogP contribution in [0.4, 0.5) is 0 Å². The minimum Gasteiger partial charge on any atom is -0.0813 e. The normalized spacial score (nSPS) is 12.8. The Morgan fingerprint density at radius 1 is 1.50 bits per heavy atom. The van der Waals surface area contributed by atoms with Crippen LogP contribution in [0.5, 0.6) is 0 Å². The van der Waals surface area contributed by atoms with Gasteiger partial charge in [-0.15, -0.1) is 0 Å². The summed E-state index contributed by atoms with van der Waals surface area (Å²) in [6.07, 6.45) is 1.27. The van der Waals surface area contributed by atoms with Crippen molar-refractivity contribution < 1.29 is 0 Å². The maximum Gasteiger partial charge on any atom is -0.00910 e. The van der Waals surface area contributed by atoms with Crippen LogP contribution in [-0.2, 0) is 6.42 Å². The lowest BCUT2D eigenvalue weighted by atomic mass is 10.4. The molecule has 1 heterocycles. The largest absolute Gasteiger partial charge is 0.0813 e. The van der Waals surface area contributed by atoms with E-state index in [-0.39, 0.29) is 0 Å². The molecule has 3 heteroatoms. The fraction of sp³-hybridized carbons (Fsp3) is 0.600. The van der Waals surface area contributed by atoms with Gasteiger partial charge in [0.1, 0.15) is 0 Å². The highest BCUT2D eigenvalue weighted by Crippen LogP contribution is 2.41. The molecule has 1 atom stereocenters. The minimum absolute atomic E-state index is 1.15. The summed E-state index contributed by atoms with van der Waals surface area (Å²) in [6, 6.07) is 0. The third-order valence-electron chi connectivity index (χ3n) is 1.16. The topological polar surface area (TPSA) is 0 Å². The molecule has 0 nitrogen and oxygen atoms in total. The molecule has 1 rings (SSSR count). The van der Waals surface area contributed by atoms with E-state index in [9.17, 15) is 0 Å². The lowest BCUT2D eigenvalue weighted by Crippen LogP contribution is -1.69. The second kappa shape index (κ2) is 2.98. The van der Waals surface area contributed by atoms with Crippen LogP contribution in [0.1, 0.15) is 17.5 Å². The zero-order chi connectivity index (χ0) is 5.98. The smallest absolute Gasteiger partial charge is 0.00910 e. The molecule has 0 aliphatic rings. The number of hydrogen-bond donors (Lipinski definition) is 0. The molecule has 1 unspecified atom stereocenters. The van der Waals surface area contributed by atoms with Crippen LogP contribution in [0, 0.1) is 6.92 Å². The molecule has 0 amide bonds. The zero-order valence-electron chi connectivity index (χ0n) is 5.10. The Morgan fingerprint density at radius 2 is 2.25 bits per heavy atom. The molecule has 0 fully saturated rings. The van der Waals surface area contributed by atoms with E-state index in [1.807, 2.05) is 0 Å². The molecule has 0 bridgehead atoms. The molecule has 0 N–H and O–H groups in total. The SMILES string of the molecule is CCc1p[pH]pc1C. The monoisotopic (exact) mass is 162 g/mol. The summed E-state index contributed by atoms with van der Waals surface area (Å²) in [5, 5.41) is 3.32. The third-order valence-corrected chi connectivity index (χ3v) is 7.27. The van der Waals surface area contributed by atoms with Crippen molar-refractivity contribution in [2.24, 2.45) is 0 Å². The van der Waals surface area contributed by atoms with Crippen LogP contribution in [0.2, 0.25) is 0 Å². The van der Waals surface area contributed by atoms with Gasteiger partial charge in [-0.05, 0) is 39.7 Å². The first-order valence-electron chi connectivity index (χ1n) is 2.71. The van der Waals surface area contributed by atoms with Crippen molar-refractivity contribution in [1.82, 2.24) is 0 Å². The van der Waals surface area contributed by atoms with E-state index in [4.69, 9.17) is 0 Å². The molecular weight excluding hydrogens is 153 g/mol. The van der Waals surface area contributed by atoms with Crippen molar-refractivity contribution in [3.63, 3.8) is 0 Å². The lowest BCUT2D eigenvalue weighted by molar-refractivity contribution is 1.17. The van der Waals surface area contributed by atoms with Gasteiger partial charge in [-0.2, -0.15) is 0 Å². The molecule has 0 aromatic carbocycles. The first kappa shape index (κ1) is 6.76. The molecule has 1 aromatic rings. The highest BCUT2D eigenvalue weighted by atomic mass is 32.1. The Kier molecular flexibility index (Phi) is 2.51. The van der Waals surface area contributed by atoms with Gasteiger partial charge < -0.3 is 0 Å². The molecule has 44 valence electrons. The molecule has 0 saturated heterocycles.